The number of rotatable bonds is 2. The Bertz CT molecular complexity index is 337. The first-order valence-corrected chi connectivity index (χ1v) is 5.75. The minimum atomic E-state index is 0.0222. The molecule has 0 amide bonds. The second kappa shape index (κ2) is 4.26. The van der Waals surface area contributed by atoms with Crippen LogP contribution < -0.4 is 0 Å². The van der Waals surface area contributed by atoms with Crippen molar-refractivity contribution in [2.24, 2.45) is 0 Å². The molecule has 0 atom stereocenters. The highest BCUT2D eigenvalue weighted by Gasteiger charge is 2.17. The lowest BCUT2D eigenvalue weighted by molar-refractivity contribution is 0.112. The first-order chi connectivity index (χ1) is 6.49. The van der Waals surface area contributed by atoms with E-state index in [9.17, 15) is 4.79 Å². The fraction of sp³-hybridized carbons (Fsp3) is 0.417. The molecule has 0 saturated heterocycles. The van der Waals surface area contributed by atoms with Crippen LogP contribution in [0.4, 0.5) is 0 Å². The summed E-state index contributed by atoms with van der Waals surface area (Å²) in [6.45, 7) is 6.36. The molecule has 0 N–H and O–H groups in total. The van der Waals surface area contributed by atoms with Gasteiger partial charge in [0.2, 0.25) is 0 Å². The Morgan fingerprint density at radius 2 is 2.00 bits per heavy atom. The normalized spacial score (nSPS) is 11.4. The van der Waals surface area contributed by atoms with E-state index >= 15 is 0 Å². The molecule has 14 heavy (non-hydrogen) atoms. The summed E-state index contributed by atoms with van der Waals surface area (Å²) in [6, 6.07) is 5.97. The van der Waals surface area contributed by atoms with Gasteiger partial charge in [-0.2, -0.15) is 0 Å². The van der Waals surface area contributed by atoms with Crippen molar-refractivity contribution >= 4 is 22.2 Å². The van der Waals surface area contributed by atoms with Crippen LogP contribution in [0.2, 0.25) is 0 Å². The predicted octanol–water partition coefficient (Wildman–Crippen LogP) is 3.69. The molecule has 76 valence electrons. The molecule has 0 bridgehead atoms. The molecule has 1 rings (SSSR count). The zero-order chi connectivity index (χ0) is 10.8. The maximum atomic E-state index is 10.9. The van der Waals surface area contributed by atoms with Gasteiger partial charge in [-0.1, -0.05) is 54.9 Å². The Morgan fingerprint density at radius 3 is 2.43 bits per heavy atom. The standard InChI is InChI=1S/C12H15BrO/c1-12(2,3)11-6-9(7-13)4-5-10(11)8-14/h4-6,8H,7H2,1-3H3. The molecule has 1 nitrogen and oxygen atoms in total. The lowest BCUT2D eigenvalue weighted by atomic mass is 9.83. The molecule has 1 aromatic carbocycles. The van der Waals surface area contributed by atoms with Gasteiger partial charge in [0, 0.05) is 10.9 Å². The zero-order valence-corrected chi connectivity index (χ0v) is 10.4. The summed E-state index contributed by atoms with van der Waals surface area (Å²) < 4.78 is 0. The monoisotopic (exact) mass is 254 g/mol. The molecule has 0 spiro atoms. The van der Waals surface area contributed by atoms with Gasteiger partial charge in [-0.25, -0.2) is 0 Å². The molecule has 0 unspecified atom stereocenters. The van der Waals surface area contributed by atoms with Crippen LogP contribution in [0.25, 0.3) is 0 Å². The van der Waals surface area contributed by atoms with Gasteiger partial charge in [0.05, 0.1) is 0 Å². The van der Waals surface area contributed by atoms with E-state index < -0.39 is 0 Å². The van der Waals surface area contributed by atoms with Gasteiger partial charge in [0.15, 0.2) is 0 Å². The Balaban J connectivity index is 3.29. The van der Waals surface area contributed by atoms with E-state index in [4.69, 9.17) is 0 Å². The second-order valence-electron chi connectivity index (χ2n) is 4.42. The molecule has 0 aromatic heterocycles. The minimum Gasteiger partial charge on any atom is -0.298 e. The van der Waals surface area contributed by atoms with E-state index in [1.54, 1.807) is 0 Å². The van der Waals surface area contributed by atoms with Crippen LogP contribution in [0.15, 0.2) is 18.2 Å². The number of alkyl halides is 1. The number of carbonyl (C=O) groups excluding carboxylic acids is 1. The van der Waals surface area contributed by atoms with Gasteiger partial charge >= 0.3 is 0 Å². The average molecular weight is 255 g/mol. The number of benzene rings is 1. The molecule has 0 fully saturated rings. The maximum absolute atomic E-state index is 10.9. The highest BCUT2D eigenvalue weighted by Crippen LogP contribution is 2.26. The maximum Gasteiger partial charge on any atom is 0.150 e. The van der Waals surface area contributed by atoms with Crippen LogP contribution in [0, 0.1) is 0 Å². The van der Waals surface area contributed by atoms with Crippen molar-refractivity contribution in [1.29, 1.82) is 0 Å². The van der Waals surface area contributed by atoms with Crippen LogP contribution in [0.1, 0.15) is 42.3 Å². The van der Waals surface area contributed by atoms with Crippen LogP contribution in [-0.4, -0.2) is 6.29 Å². The first kappa shape index (κ1) is 11.4. The van der Waals surface area contributed by atoms with Crippen molar-refractivity contribution < 1.29 is 4.79 Å². The third-order valence-electron chi connectivity index (χ3n) is 2.21. The lowest BCUT2D eigenvalue weighted by Gasteiger charge is -2.21. The SMILES string of the molecule is CC(C)(C)c1cc(CBr)ccc1C=O. The number of carbonyl (C=O) groups is 1. The summed E-state index contributed by atoms with van der Waals surface area (Å²) in [4.78, 5) is 10.9. The minimum absolute atomic E-state index is 0.0222. The molecule has 1 aromatic rings. The second-order valence-corrected chi connectivity index (χ2v) is 4.98. The van der Waals surface area contributed by atoms with Crippen molar-refractivity contribution in [3.05, 3.63) is 34.9 Å². The topological polar surface area (TPSA) is 17.1 Å². The zero-order valence-electron chi connectivity index (χ0n) is 8.80. The molecule has 2 heteroatoms. The Kier molecular flexibility index (Phi) is 3.48. The lowest BCUT2D eigenvalue weighted by Crippen LogP contribution is -2.14. The Labute approximate surface area is 93.7 Å². The van der Waals surface area contributed by atoms with Crippen molar-refractivity contribution in [1.82, 2.24) is 0 Å². The van der Waals surface area contributed by atoms with Crippen LogP contribution >= 0.6 is 15.9 Å². The number of aldehydes is 1. The molecule has 0 aliphatic rings. The largest absolute Gasteiger partial charge is 0.298 e. The highest BCUT2D eigenvalue weighted by molar-refractivity contribution is 9.08. The van der Waals surface area contributed by atoms with Crippen LogP contribution in [0.3, 0.4) is 0 Å². The molecule has 0 aliphatic carbocycles. The van der Waals surface area contributed by atoms with Crippen molar-refractivity contribution in [2.45, 2.75) is 31.5 Å². The molecular formula is C12H15BrO. The smallest absolute Gasteiger partial charge is 0.150 e. The Morgan fingerprint density at radius 1 is 1.36 bits per heavy atom. The van der Waals surface area contributed by atoms with Gasteiger partial charge < -0.3 is 0 Å². The van der Waals surface area contributed by atoms with E-state index in [1.807, 2.05) is 12.1 Å². The molecule has 0 aliphatic heterocycles. The number of halogens is 1. The van der Waals surface area contributed by atoms with Gasteiger partial charge in [-0.3, -0.25) is 4.79 Å². The Hall–Kier alpha value is -0.630. The summed E-state index contributed by atoms with van der Waals surface area (Å²) in [7, 11) is 0. The summed E-state index contributed by atoms with van der Waals surface area (Å²) in [5.74, 6) is 0. The third kappa shape index (κ3) is 2.44. The van der Waals surface area contributed by atoms with Crippen LogP contribution in [0.5, 0.6) is 0 Å². The number of hydrogen-bond donors (Lipinski definition) is 0. The quantitative estimate of drug-likeness (QED) is 0.581. The van der Waals surface area contributed by atoms with Gasteiger partial charge in [-0.05, 0) is 16.5 Å². The summed E-state index contributed by atoms with van der Waals surface area (Å²) in [5.41, 5.74) is 3.14. The van der Waals surface area contributed by atoms with Crippen molar-refractivity contribution in [3.63, 3.8) is 0 Å². The molecular weight excluding hydrogens is 240 g/mol. The molecule has 0 radical (unpaired) electrons. The van der Waals surface area contributed by atoms with E-state index in [1.165, 1.54) is 5.56 Å². The fourth-order valence-electron chi connectivity index (χ4n) is 1.44. The summed E-state index contributed by atoms with van der Waals surface area (Å²) >= 11 is 3.42. The first-order valence-electron chi connectivity index (χ1n) is 4.63. The summed E-state index contributed by atoms with van der Waals surface area (Å²) in [6.07, 6.45) is 0.929. The fourth-order valence-corrected chi connectivity index (χ4v) is 1.79. The van der Waals surface area contributed by atoms with Gasteiger partial charge in [0.25, 0.3) is 0 Å². The van der Waals surface area contributed by atoms with E-state index in [2.05, 4.69) is 42.8 Å². The highest BCUT2D eigenvalue weighted by atomic mass is 79.9. The average Bonchev–Trinajstić information content (AvgIpc) is 2.15. The van der Waals surface area contributed by atoms with Gasteiger partial charge in [0.1, 0.15) is 6.29 Å². The van der Waals surface area contributed by atoms with E-state index in [0.29, 0.717) is 0 Å². The van der Waals surface area contributed by atoms with Crippen LogP contribution in [-0.2, 0) is 10.7 Å². The summed E-state index contributed by atoms with van der Waals surface area (Å²) in [5, 5.41) is 0.829. The van der Waals surface area contributed by atoms with Crippen molar-refractivity contribution in [3.8, 4) is 0 Å². The molecule has 0 heterocycles. The van der Waals surface area contributed by atoms with E-state index in [0.717, 1.165) is 22.7 Å². The predicted molar refractivity (Wildman–Crippen MR) is 63.2 cm³/mol. The third-order valence-corrected chi connectivity index (χ3v) is 2.85. The van der Waals surface area contributed by atoms with E-state index in [-0.39, 0.29) is 5.41 Å². The van der Waals surface area contributed by atoms with Gasteiger partial charge in [-0.15, -0.1) is 0 Å². The number of hydrogen-bond acceptors (Lipinski definition) is 1. The van der Waals surface area contributed by atoms with Crippen molar-refractivity contribution in [2.75, 3.05) is 0 Å². The molecule has 0 saturated carbocycles.